The summed E-state index contributed by atoms with van der Waals surface area (Å²) in [6.07, 6.45) is 4.40. The van der Waals surface area contributed by atoms with Crippen molar-refractivity contribution in [3.05, 3.63) is 29.3 Å². The Hall–Kier alpha value is -2.04. The van der Waals surface area contributed by atoms with Crippen molar-refractivity contribution in [2.45, 2.75) is 52.0 Å². The van der Waals surface area contributed by atoms with Crippen molar-refractivity contribution in [1.82, 2.24) is 5.32 Å². The van der Waals surface area contributed by atoms with Crippen LogP contribution < -0.4 is 10.2 Å². The normalized spacial score (nSPS) is 15.5. The summed E-state index contributed by atoms with van der Waals surface area (Å²) >= 11 is 0. The Morgan fingerprint density at radius 2 is 2.00 bits per heavy atom. The van der Waals surface area contributed by atoms with Gasteiger partial charge in [0.05, 0.1) is 5.56 Å². The van der Waals surface area contributed by atoms with Gasteiger partial charge in [-0.05, 0) is 38.3 Å². The lowest BCUT2D eigenvalue weighted by molar-refractivity contribution is -0.139. The van der Waals surface area contributed by atoms with Gasteiger partial charge in [0.15, 0.2) is 0 Å². The molecule has 1 atom stereocenters. The quantitative estimate of drug-likeness (QED) is 0.811. The topological polar surface area (TPSA) is 69.6 Å². The van der Waals surface area contributed by atoms with Crippen LogP contribution in [0.1, 0.15) is 54.9 Å². The van der Waals surface area contributed by atoms with E-state index in [0.29, 0.717) is 12.0 Å². The van der Waals surface area contributed by atoms with E-state index in [-0.39, 0.29) is 5.91 Å². The lowest BCUT2D eigenvalue weighted by Crippen LogP contribution is -2.41. The lowest BCUT2D eigenvalue weighted by atomic mass is 10.1. The molecule has 1 aliphatic heterocycles. The summed E-state index contributed by atoms with van der Waals surface area (Å²) in [4.78, 5) is 26.2. The number of carbonyl (C=O) groups excluding carboxylic acids is 1. The molecule has 23 heavy (non-hydrogen) atoms. The number of carboxylic acids is 1. The minimum atomic E-state index is -0.970. The summed E-state index contributed by atoms with van der Waals surface area (Å²) in [6.45, 7) is 5.84. The molecule has 5 heteroatoms. The highest BCUT2D eigenvalue weighted by molar-refractivity contribution is 6.01. The largest absolute Gasteiger partial charge is 0.480 e. The first-order chi connectivity index (χ1) is 11.0. The van der Waals surface area contributed by atoms with E-state index in [4.69, 9.17) is 0 Å². The third-order valence-corrected chi connectivity index (χ3v) is 4.29. The summed E-state index contributed by atoms with van der Waals surface area (Å²) in [7, 11) is 0. The molecule has 1 saturated heterocycles. The number of nitrogens with zero attached hydrogens (tertiary/aromatic N) is 1. The highest BCUT2D eigenvalue weighted by atomic mass is 16.4. The summed E-state index contributed by atoms with van der Waals surface area (Å²) in [5.74, 6) is -1.26. The molecule has 1 fully saturated rings. The standard InChI is InChI=1S/C18H26N2O3/c1-3-4-7-15(18(22)23)19-17(21)14-12-13(2)8-9-16(14)20-10-5-6-11-20/h8-9,12,15H,3-7,10-11H2,1-2H3,(H,19,21)(H,22,23)/t15-/m0/s1. The second-order valence-corrected chi connectivity index (χ2v) is 6.22. The van der Waals surface area contributed by atoms with Gasteiger partial charge in [0.1, 0.15) is 6.04 Å². The number of carbonyl (C=O) groups is 2. The predicted octanol–water partition coefficient (Wildman–Crippen LogP) is 2.97. The third-order valence-electron chi connectivity index (χ3n) is 4.29. The zero-order valence-corrected chi connectivity index (χ0v) is 14.0. The van der Waals surface area contributed by atoms with Crippen LogP contribution in [0.2, 0.25) is 0 Å². The maximum Gasteiger partial charge on any atom is 0.326 e. The molecule has 1 amide bonds. The summed E-state index contributed by atoms with van der Waals surface area (Å²) < 4.78 is 0. The summed E-state index contributed by atoms with van der Waals surface area (Å²) in [5, 5.41) is 12.0. The van der Waals surface area contributed by atoms with E-state index >= 15 is 0 Å². The fourth-order valence-electron chi connectivity index (χ4n) is 2.97. The van der Waals surface area contributed by atoms with Crippen molar-refractivity contribution in [3.8, 4) is 0 Å². The molecule has 1 heterocycles. The van der Waals surface area contributed by atoms with Crippen molar-refractivity contribution in [2.24, 2.45) is 0 Å². The molecular weight excluding hydrogens is 292 g/mol. The fraction of sp³-hybridized carbons (Fsp3) is 0.556. The van der Waals surface area contributed by atoms with Crippen molar-refractivity contribution >= 4 is 17.6 Å². The molecule has 1 aromatic rings. The minimum Gasteiger partial charge on any atom is -0.480 e. The fourth-order valence-corrected chi connectivity index (χ4v) is 2.97. The van der Waals surface area contributed by atoms with Crippen LogP contribution in [0.4, 0.5) is 5.69 Å². The number of nitrogens with one attached hydrogen (secondary N) is 1. The molecular formula is C18H26N2O3. The van der Waals surface area contributed by atoms with Gasteiger partial charge >= 0.3 is 5.97 Å². The second kappa shape index (κ2) is 7.99. The third kappa shape index (κ3) is 4.47. The van der Waals surface area contributed by atoms with Crippen LogP contribution in [0, 0.1) is 6.92 Å². The van der Waals surface area contributed by atoms with E-state index < -0.39 is 12.0 Å². The van der Waals surface area contributed by atoms with Crippen LogP contribution >= 0.6 is 0 Å². The Bertz CT molecular complexity index is 565. The van der Waals surface area contributed by atoms with Gasteiger partial charge in [-0.25, -0.2) is 4.79 Å². The molecule has 5 nitrogen and oxygen atoms in total. The summed E-state index contributed by atoms with van der Waals surface area (Å²) in [6, 6.07) is 4.99. The van der Waals surface area contributed by atoms with Gasteiger partial charge in [0.25, 0.3) is 5.91 Å². The first kappa shape index (κ1) is 17.3. The Labute approximate surface area is 137 Å². The zero-order chi connectivity index (χ0) is 16.8. The van der Waals surface area contributed by atoms with Crippen LogP contribution in [-0.2, 0) is 4.79 Å². The molecule has 0 unspecified atom stereocenters. The number of benzene rings is 1. The average molecular weight is 318 g/mol. The van der Waals surface area contributed by atoms with Crippen molar-refractivity contribution in [2.75, 3.05) is 18.0 Å². The van der Waals surface area contributed by atoms with Crippen molar-refractivity contribution in [3.63, 3.8) is 0 Å². The average Bonchev–Trinajstić information content (AvgIpc) is 3.05. The van der Waals surface area contributed by atoms with E-state index in [0.717, 1.165) is 50.0 Å². The smallest absolute Gasteiger partial charge is 0.326 e. The molecule has 0 aromatic heterocycles. The second-order valence-electron chi connectivity index (χ2n) is 6.22. The van der Waals surface area contributed by atoms with Crippen LogP contribution in [0.3, 0.4) is 0 Å². The number of aryl methyl sites for hydroxylation is 1. The van der Waals surface area contributed by atoms with Crippen molar-refractivity contribution < 1.29 is 14.7 Å². The molecule has 2 rings (SSSR count). The number of hydrogen-bond acceptors (Lipinski definition) is 3. The van der Waals surface area contributed by atoms with Crippen LogP contribution in [0.25, 0.3) is 0 Å². The highest BCUT2D eigenvalue weighted by Gasteiger charge is 2.24. The Kier molecular flexibility index (Phi) is 6.02. The number of anilines is 1. The van der Waals surface area contributed by atoms with Gasteiger partial charge in [-0.3, -0.25) is 4.79 Å². The van der Waals surface area contributed by atoms with Gasteiger partial charge in [-0.2, -0.15) is 0 Å². The molecule has 2 N–H and O–H groups in total. The van der Waals surface area contributed by atoms with Crippen LogP contribution in [-0.4, -0.2) is 36.1 Å². The Morgan fingerprint density at radius 1 is 1.30 bits per heavy atom. The number of amides is 1. The van der Waals surface area contributed by atoms with Gasteiger partial charge in [-0.15, -0.1) is 0 Å². The van der Waals surface area contributed by atoms with E-state index in [1.165, 1.54) is 0 Å². The number of carboxylic acid groups (broad SMARTS) is 1. The minimum absolute atomic E-state index is 0.292. The maximum absolute atomic E-state index is 12.7. The SMILES string of the molecule is CCCC[C@H](NC(=O)c1cc(C)ccc1N1CCCC1)C(=O)O. The summed E-state index contributed by atoms with van der Waals surface area (Å²) in [5.41, 5.74) is 2.48. The number of aliphatic carboxylic acids is 1. The van der Waals surface area contributed by atoms with E-state index in [1.54, 1.807) is 0 Å². The molecule has 0 radical (unpaired) electrons. The number of hydrogen-bond donors (Lipinski definition) is 2. The molecule has 1 aromatic carbocycles. The zero-order valence-electron chi connectivity index (χ0n) is 14.0. The van der Waals surface area contributed by atoms with E-state index in [1.807, 2.05) is 32.0 Å². The molecule has 0 saturated carbocycles. The number of unbranched alkanes of at least 4 members (excludes halogenated alkanes) is 1. The number of rotatable bonds is 7. The highest BCUT2D eigenvalue weighted by Crippen LogP contribution is 2.26. The van der Waals surface area contributed by atoms with Gasteiger partial charge in [0, 0.05) is 18.8 Å². The Balaban J connectivity index is 2.19. The van der Waals surface area contributed by atoms with Gasteiger partial charge < -0.3 is 15.3 Å². The van der Waals surface area contributed by atoms with Crippen molar-refractivity contribution in [1.29, 1.82) is 0 Å². The predicted molar refractivity (Wildman–Crippen MR) is 91.0 cm³/mol. The van der Waals surface area contributed by atoms with E-state index in [2.05, 4.69) is 10.2 Å². The molecule has 0 aliphatic carbocycles. The molecule has 1 aliphatic rings. The lowest BCUT2D eigenvalue weighted by Gasteiger charge is -2.22. The van der Waals surface area contributed by atoms with Gasteiger partial charge in [0.2, 0.25) is 0 Å². The Morgan fingerprint density at radius 3 is 2.61 bits per heavy atom. The molecule has 0 spiro atoms. The van der Waals surface area contributed by atoms with Crippen LogP contribution in [0.15, 0.2) is 18.2 Å². The van der Waals surface area contributed by atoms with Gasteiger partial charge in [-0.1, -0.05) is 31.4 Å². The first-order valence-electron chi connectivity index (χ1n) is 8.42. The van der Waals surface area contributed by atoms with Crippen LogP contribution in [0.5, 0.6) is 0 Å². The van der Waals surface area contributed by atoms with E-state index in [9.17, 15) is 14.7 Å². The maximum atomic E-state index is 12.7. The molecule has 0 bridgehead atoms. The first-order valence-corrected chi connectivity index (χ1v) is 8.42. The molecule has 126 valence electrons. The monoisotopic (exact) mass is 318 g/mol.